The fraction of sp³-hybridized carbons (Fsp3) is 0.300. The maximum Gasteiger partial charge on any atom is 0.193 e. The van der Waals surface area contributed by atoms with Crippen LogP contribution in [0.5, 0.6) is 0 Å². The number of hydrogen-bond donors (Lipinski definition) is 2. The van der Waals surface area contributed by atoms with E-state index in [0.717, 1.165) is 24.0 Å². The van der Waals surface area contributed by atoms with Gasteiger partial charge in [-0.25, -0.2) is 4.98 Å². The van der Waals surface area contributed by atoms with Crippen molar-refractivity contribution in [3.63, 3.8) is 0 Å². The Morgan fingerprint density at radius 3 is 2.96 bits per heavy atom. The van der Waals surface area contributed by atoms with Gasteiger partial charge in [0.15, 0.2) is 5.96 Å². The monoisotopic (exact) mass is 350 g/mol. The Kier molecular flexibility index (Phi) is 4.65. The van der Waals surface area contributed by atoms with Crippen molar-refractivity contribution in [2.75, 3.05) is 11.9 Å². The SMILES string of the molecule is NC(=NCCCc1nc2ccccc2s1)Nc1ccc2c(c1)CCC2. The minimum absolute atomic E-state index is 0.488. The van der Waals surface area contributed by atoms with Crippen LogP contribution in [-0.2, 0) is 19.3 Å². The van der Waals surface area contributed by atoms with Gasteiger partial charge in [-0.1, -0.05) is 18.2 Å². The first-order valence-corrected chi connectivity index (χ1v) is 9.63. The summed E-state index contributed by atoms with van der Waals surface area (Å²) < 4.78 is 1.25. The van der Waals surface area contributed by atoms with Crippen molar-refractivity contribution in [3.05, 3.63) is 58.6 Å². The Morgan fingerprint density at radius 1 is 1.16 bits per heavy atom. The second kappa shape index (κ2) is 7.23. The number of thiazole rings is 1. The third-order valence-corrected chi connectivity index (χ3v) is 5.64. The van der Waals surface area contributed by atoms with Gasteiger partial charge in [-0.2, -0.15) is 0 Å². The molecule has 4 rings (SSSR count). The highest BCUT2D eigenvalue weighted by molar-refractivity contribution is 7.18. The first kappa shape index (κ1) is 16.1. The zero-order chi connectivity index (χ0) is 17.1. The van der Waals surface area contributed by atoms with Crippen LogP contribution in [0, 0.1) is 0 Å². The molecule has 2 aromatic carbocycles. The van der Waals surface area contributed by atoms with Gasteiger partial charge in [-0.15, -0.1) is 11.3 Å². The fourth-order valence-electron chi connectivity index (χ4n) is 3.29. The van der Waals surface area contributed by atoms with Gasteiger partial charge in [0.05, 0.1) is 15.2 Å². The van der Waals surface area contributed by atoms with Crippen LogP contribution in [0.4, 0.5) is 5.69 Å². The lowest BCUT2D eigenvalue weighted by Crippen LogP contribution is -2.23. The van der Waals surface area contributed by atoms with E-state index in [2.05, 4.69) is 51.7 Å². The molecule has 1 aliphatic carbocycles. The molecule has 0 atom stereocenters. The molecule has 0 fully saturated rings. The average Bonchev–Trinajstić information content (AvgIpc) is 3.24. The summed E-state index contributed by atoms with van der Waals surface area (Å²) in [6.07, 6.45) is 5.52. The van der Waals surface area contributed by atoms with Crippen molar-refractivity contribution in [1.82, 2.24) is 4.98 Å². The van der Waals surface area contributed by atoms with Crippen molar-refractivity contribution in [3.8, 4) is 0 Å². The Morgan fingerprint density at radius 2 is 2.04 bits per heavy atom. The Hall–Kier alpha value is -2.40. The summed E-state index contributed by atoms with van der Waals surface area (Å²) in [4.78, 5) is 9.10. The summed E-state index contributed by atoms with van der Waals surface area (Å²) in [5.74, 6) is 0.488. The number of nitrogens with two attached hydrogens (primary N) is 1. The van der Waals surface area contributed by atoms with Crippen molar-refractivity contribution < 1.29 is 0 Å². The lowest BCUT2D eigenvalue weighted by atomic mass is 10.1. The van der Waals surface area contributed by atoms with Crippen LogP contribution in [0.1, 0.15) is 29.0 Å². The summed E-state index contributed by atoms with van der Waals surface area (Å²) >= 11 is 1.76. The van der Waals surface area contributed by atoms with Crippen LogP contribution in [0.2, 0.25) is 0 Å². The predicted molar refractivity (Wildman–Crippen MR) is 107 cm³/mol. The zero-order valence-electron chi connectivity index (χ0n) is 14.2. The molecular weight excluding hydrogens is 328 g/mol. The smallest absolute Gasteiger partial charge is 0.193 e. The van der Waals surface area contributed by atoms with Crippen molar-refractivity contribution in [2.24, 2.45) is 10.7 Å². The lowest BCUT2D eigenvalue weighted by molar-refractivity contribution is 0.827. The molecule has 1 aromatic heterocycles. The number of anilines is 1. The number of aromatic nitrogens is 1. The predicted octanol–water partition coefficient (Wildman–Crippen LogP) is 4.14. The molecule has 0 saturated carbocycles. The van der Waals surface area contributed by atoms with E-state index in [1.54, 1.807) is 11.3 Å². The average molecular weight is 350 g/mol. The van der Waals surface area contributed by atoms with Crippen LogP contribution in [0.3, 0.4) is 0 Å². The highest BCUT2D eigenvalue weighted by Gasteiger charge is 2.10. The third-order valence-electron chi connectivity index (χ3n) is 4.54. The van der Waals surface area contributed by atoms with E-state index in [1.807, 2.05) is 6.07 Å². The summed E-state index contributed by atoms with van der Waals surface area (Å²) in [7, 11) is 0. The molecule has 0 unspecified atom stereocenters. The van der Waals surface area contributed by atoms with Gasteiger partial charge in [0.1, 0.15) is 0 Å². The van der Waals surface area contributed by atoms with Crippen molar-refractivity contribution >= 4 is 33.2 Å². The zero-order valence-corrected chi connectivity index (χ0v) is 15.0. The standard InChI is InChI=1S/C20H22N4S/c21-20(23-16-11-10-14-5-3-6-15(14)13-16)22-12-4-9-19-24-17-7-1-2-8-18(17)25-19/h1-2,7-8,10-11,13H,3-6,9,12H2,(H3,21,22,23). The van der Waals surface area contributed by atoms with Gasteiger partial charge in [0.2, 0.25) is 0 Å². The molecule has 3 aromatic rings. The van der Waals surface area contributed by atoms with E-state index in [0.29, 0.717) is 12.5 Å². The van der Waals surface area contributed by atoms with E-state index in [1.165, 1.54) is 40.1 Å². The molecule has 0 bridgehead atoms. The number of nitrogens with zero attached hydrogens (tertiary/aromatic N) is 2. The molecular formula is C20H22N4S. The second-order valence-corrected chi connectivity index (χ2v) is 7.52. The third kappa shape index (κ3) is 3.82. The summed E-state index contributed by atoms with van der Waals surface area (Å²) in [6.45, 7) is 0.708. The molecule has 0 amide bonds. The largest absolute Gasteiger partial charge is 0.370 e. The normalized spacial score (nSPS) is 14.0. The second-order valence-electron chi connectivity index (χ2n) is 6.41. The first-order chi connectivity index (χ1) is 12.3. The Bertz CT molecular complexity index is 880. The summed E-state index contributed by atoms with van der Waals surface area (Å²) in [6, 6.07) is 14.8. The maximum absolute atomic E-state index is 6.02. The Balaban J connectivity index is 1.29. The molecule has 5 heteroatoms. The van der Waals surface area contributed by atoms with E-state index >= 15 is 0 Å². The molecule has 4 nitrogen and oxygen atoms in total. The number of fused-ring (bicyclic) bond motifs is 2. The quantitative estimate of drug-likeness (QED) is 0.413. The molecule has 0 spiro atoms. The molecule has 0 radical (unpaired) electrons. The van der Waals surface area contributed by atoms with E-state index in [9.17, 15) is 0 Å². The minimum atomic E-state index is 0.488. The molecule has 25 heavy (non-hydrogen) atoms. The van der Waals surface area contributed by atoms with Gasteiger partial charge in [-0.05, 0) is 61.1 Å². The van der Waals surface area contributed by atoms with E-state index in [-0.39, 0.29) is 0 Å². The number of guanidine groups is 1. The van der Waals surface area contributed by atoms with E-state index in [4.69, 9.17) is 5.73 Å². The molecule has 1 heterocycles. The number of para-hydroxylation sites is 1. The van der Waals surface area contributed by atoms with Gasteiger partial charge < -0.3 is 11.1 Å². The van der Waals surface area contributed by atoms with Crippen LogP contribution >= 0.6 is 11.3 Å². The topological polar surface area (TPSA) is 63.3 Å². The highest BCUT2D eigenvalue weighted by Crippen LogP contribution is 2.25. The van der Waals surface area contributed by atoms with E-state index < -0.39 is 0 Å². The van der Waals surface area contributed by atoms with Gasteiger partial charge in [0.25, 0.3) is 0 Å². The molecule has 128 valence electrons. The van der Waals surface area contributed by atoms with Crippen molar-refractivity contribution in [2.45, 2.75) is 32.1 Å². The maximum atomic E-state index is 6.02. The Labute approximate surface area is 151 Å². The summed E-state index contributed by atoms with van der Waals surface area (Å²) in [5, 5.41) is 4.37. The lowest BCUT2D eigenvalue weighted by Gasteiger charge is -2.07. The fourth-order valence-corrected chi connectivity index (χ4v) is 4.30. The minimum Gasteiger partial charge on any atom is -0.370 e. The number of rotatable bonds is 5. The number of aryl methyl sites for hydroxylation is 3. The molecule has 0 saturated heterocycles. The van der Waals surface area contributed by atoms with Gasteiger partial charge >= 0.3 is 0 Å². The van der Waals surface area contributed by atoms with Gasteiger partial charge in [0, 0.05) is 18.7 Å². The van der Waals surface area contributed by atoms with Crippen LogP contribution in [0.15, 0.2) is 47.5 Å². The van der Waals surface area contributed by atoms with Gasteiger partial charge in [-0.3, -0.25) is 4.99 Å². The molecule has 1 aliphatic rings. The van der Waals surface area contributed by atoms with Crippen LogP contribution < -0.4 is 11.1 Å². The number of aliphatic imine (C=N–C) groups is 1. The highest BCUT2D eigenvalue weighted by atomic mass is 32.1. The number of hydrogen-bond acceptors (Lipinski definition) is 3. The number of benzene rings is 2. The van der Waals surface area contributed by atoms with Crippen LogP contribution in [-0.4, -0.2) is 17.5 Å². The van der Waals surface area contributed by atoms with Crippen molar-refractivity contribution in [1.29, 1.82) is 0 Å². The first-order valence-electron chi connectivity index (χ1n) is 8.81. The number of nitrogens with one attached hydrogen (secondary N) is 1. The molecule has 3 N–H and O–H groups in total. The van der Waals surface area contributed by atoms with Crippen LogP contribution in [0.25, 0.3) is 10.2 Å². The molecule has 0 aliphatic heterocycles. The summed E-state index contributed by atoms with van der Waals surface area (Å²) in [5.41, 5.74) is 11.0.